The Morgan fingerprint density at radius 3 is 2.42 bits per heavy atom. The molecule has 1 saturated heterocycles. The lowest BCUT2D eigenvalue weighted by atomic mass is 10.1. The molecule has 194 valence electrons. The average Bonchev–Trinajstić information content (AvgIpc) is 3.18. The largest absolute Gasteiger partial charge is 0.485 e. The summed E-state index contributed by atoms with van der Waals surface area (Å²) in [4.78, 5) is 37.3. The Morgan fingerprint density at radius 1 is 0.974 bits per heavy atom. The van der Waals surface area contributed by atoms with Crippen molar-refractivity contribution in [1.29, 1.82) is 0 Å². The molecule has 1 aliphatic heterocycles. The van der Waals surface area contributed by atoms with Gasteiger partial charge >= 0.3 is 11.9 Å². The van der Waals surface area contributed by atoms with Crippen molar-refractivity contribution in [2.24, 2.45) is 0 Å². The Labute approximate surface area is 228 Å². The average molecular weight is 550 g/mol. The summed E-state index contributed by atoms with van der Waals surface area (Å²) in [6, 6.07) is 21.8. The van der Waals surface area contributed by atoms with Gasteiger partial charge in [0, 0.05) is 5.56 Å². The highest BCUT2D eigenvalue weighted by Gasteiger charge is 2.33. The van der Waals surface area contributed by atoms with Crippen LogP contribution in [0.1, 0.15) is 27.0 Å². The zero-order valence-corrected chi connectivity index (χ0v) is 21.9. The summed E-state index contributed by atoms with van der Waals surface area (Å²) in [6.45, 7) is -0.122. The SMILES string of the molecule is COC(=O)c1ccccc1COc1cc(C=C2SC(=S)N(CC(=O)O)C2=O)ccc1OCc1ccccc1. The molecule has 1 heterocycles. The maximum atomic E-state index is 12.7. The van der Waals surface area contributed by atoms with Crippen LogP contribution in [-0.2, 0) is 27.5 Å². The highest BCUT2D eigenvalue weighted by atomic mass is 32.2. The fraction of sp³-hybridized carbons (Fsp3) is 0.143. The van der Waals surface area contributed by atoms with E-state index >= 15 is 0 Å². The molecule has 0 aliphatic carbocycles. The predicted octanol–water partition coefficient (Wildman–Crippen LogP) is 4.92. The van der Waals surface area contributed by atoms with Crippen molar-refractivity contribution in [2.45, 2.75) is 13.2 Å². The number of thioether (sulfide) groups is 1. The van der Waals surface area contributed by atoms with Crippen LogP contribution in [0.4, 0.5) is 0 Å². The summed E-state index contributed by atoms with van der Waals surface area (Å²) >= 11 is 6.21. The maximum Gasteiger partial charge on any atom is 0.338 e. The number of aliphatic carboxylic acids is 1. The van der Waals surface area contributed by atoms with Gasteiger partial charge in [0.25, 0.3) is 5.91 Å². The second-order valence-electron chi connectivity index (χ2n) is 8.08. The smallest absolute Gasteiger partial charge is 0.338 e. The second kappa shape index (κ2) is 12.4. The van der Waals surface area contributed by atoms with Crippen LogP contribution in [0.15, 0.2) is 77.7 Å². The molecule has 0 atom stereocenters. The third-order valence-electron chi connectivity index (χ3n) is 5.48. The molecule has 1 amide bonds. The van der Waals surface area contributed by atoms with Gasteiger partial charge in [-0.15, -0.1) is 0 Å². The van der Waals surface area contributed by atoms with Gasteiger partial charge in [0.2, 0.25) is 0 Å². The van der Waals surface area contributed by atoms with Gasteiger partial charge in [-0.3, -0.25) is 14.5 Å². The second-order valence-corrected chi connectivity index (χ2v) is 9.76. The van der Waals surface area contributed by atoms with E-state index in [-0.39, 0.29) is 10.9 Å². The van der Waals surface area contributed by atoms with E-state index in [9.17, 15) is 14.4 Å². The first-order valence-corrected chi connectivity index (χ1v) is 12.6. The topological polar surface area (TPSA) is 102 Å². The number of thiocarbonyl (C=S) groups is 1. The summed E-state index contributed by atoms with van der Waals surface area (Å²) in [5.41, 5.74) is 2.62. The molecule has 4 rings (SSSR count). The quantitative estimate of drug-likeness (QED) is 0.215. The number of carbonyl (C=O) groups is 3. The van der Waals surface area contributed by atoms with E-state index in [1.807, 2.05) is 30.3 Å². The van der Waals surface area contributed by atoms with Crippen molar-refractivity contribution >= 4 is 52.2 Å². The molecular formula is C28H23NO7S2. The van der Waals surface area contributed by atoms with E-state index in [2.05, 4.69) is 0 Å². The number of hydrogen-bond donors (Lipinski definition) is 1. The van der Waals surface area contributed by atoms with E-state index in [1.54, 1.807) is 48.5 Å². The van der Waals surface area contributed by atoms with Gasteiger partial charge in [-0.1, -0.05) is 78.6 Å². The molecule has 1 N–H and O–H groups in total. The number of ether oxygens (including phenoxy) is 3. The van der Waals surface area contributed by atoms with Crippen molar-refractivity contribution in [3.05, 3.63) is 100.0 Å². The third-order valence-corrected chi connectivity index (χ3v) is 6.85. The molecular weight excluding hydrogens is 526 g/mol. The van der Waals surface area contributed by atoms with E-state index < -0.39 is 24.4 Å². The first-order chi connectivity index (χ1) is 18.4. The molecule has 0 saturated carbocycles. The van der Waals surface area contributed by atoms with Crippen molar-refractivity contribution in [3.8, 4) is 11.5 Å². The van der Waals surface area contributed by atoms with Crippen molar-refractivity contribution in [3.63, 3.8) is 0 Å². The zero-order chi connectivity index (χ0) is 27.1. The summed E-state index contributed by atoms with van der Waals surface area (Å²) < 4.78 is 17.2. The lowest BCUT2D eigenvalue weighted by Crippen LogP contribution is -2.33. The third kappa shape index (κ3) is 6.58. The number of carboxylic acid groups (broad SMARTS) is 1. The Morgan fingerprint density at radius 2 is 1.68 bits per heavy atom. The number of amides is 1. The van der Waals surface area contributed by atoms with E-state index in [0.717, 1.165) is 22.2 Å². The Balaban J connectivity index is 1.61. The molecule has 1 aliphatic rings. The predicted molar refractivity (Wildman–Crippen MR) is 147 cm³/mol. The minimum absolute atomic E-state index is 0.0666. The van der Waals surface area contributed by atoms with E-state index in [1.165, 1.54) is 7.11 Å². The number of nitrogens with zero attached hydrogens (tertiary/aromatic N) is 1. The normalized spacial score (nSPS) is 14.0. The number of rotatable bonds is 10. The van der Waals surface area contributed by atoms with Crippen LogP contribution in [0.5, 0.6) is 11.5 Å². The number of carbonyl (C=O) groups excluding carboxylic acids is 2. The molecule has 0 radical (unpaired) electrons. The number of hydrogen-bond acceptors (Lipinski definition) is 8. The van der Waals surface area contributed by atoms with E-state index in [0.29, 0.717) is 39.7 Å². The summed E-state index contributed by atoms with van der Waals surface area (Å²) in [7, 11) is 1.32. The van der Waals surface area contributed by atoms with Crippen LogP contribution >= 0.6 is 24.0 Å². The molecule has 0 aromatic heterocycles. The monoisotopic (exact) mass is 549 g/mol. The molecule has 3 aromatic carbocycles. The lowest BCUT2D eigenvalue weighted by molar-refractivity contribution is -0.140. The van der Waals surface area contributed by atoms with Gasteiger partial charge in [-0.05, 0) is 35.4 Å². The van der Waals surface area contributed by atoms with Crippen LogP contribution in [0.2, 0.25) is 0 Å². The fourth-order valence-electron chi connectivity index (χ4n) is 3.62. The standard InChI is InChI=1S/C28H23NO7S2/c1-34-27(33)21-10-6-5-9-20(21)17-36-23-13-19(11-12-22(23)35-16-18-7-3-2-4-8-18)14-24-26(32)29(15-25(30)31)28(37)38-24/h2-14H,15-17H2,1H3,(H,30,31). The maximum absolute atomic E-state index is 12.7. The fourth-order valence-corrected chi connectivity index (χ4v) is 4.87. The summed E-state index contributed by atoms with van der Waals surface area (Å²) in [6.07, 6.45) is 1.62. The van der Waals surface area contributed by atoms with Gasteiger partial charge in [-0.25, -0.2) is 4.79 Å². The van der Waals surface area contributed by atoms with Crippen LogP contribution in [0, 0.1) is 0 Å². The Kier molecular flexibility index (Phi) is 8.77. The Hall–Kier alpha value is -4.15. The van der Waals surface area contributed by atoms with Crippen molar-refractivity contribution in [1.82, 2.24) is 4.90 Å². The molecule has 3 aromatic rings. The lowest BCUT2D eigenvalue weighted by Gasteiger charge is -2.15. The zero-order valence-electron chi connectivity index (χ0n) is 20.3. The van der Waals surface area contributed by atoms with Crippen LogP contribution < -0.4 is 9.47 Å². The minimum Gasteiger partial charge on any atom is -0.485 e. The van der Waals surface area contributed by atoms with Gasteiger partial charge in [0.05, 0.1) is 17.6 Å². The van der Waals surface area contributed by atoms with Crippen LogP contribution in [0.3, 0.4) is 0 Å². The van der Waals surface area contributed by atoms with Crippen LogP contribution in [0.25, 0.3) is 6.08 Å². The Bertz CT molecular complexity index is 1410. The number of methoxy groups -OCH3 is 1. The number of benzene rings is 3. The van der Waals surface area contributed by atoms with Gasteiger partial charge < -0.3 is 19.3 Å². The highest BCUT2D eigenvalue weighted by molar-refractivity contribution is 8.26. The molecule has 0 unspecified atom stereocenters. The number of carboxylic acids is 1. The molecule has 0 bridgehead atoms. The van der Waals surface area contributed by atoms with Crippen molar-refractivity contribution < 1.29 is 33.7 Å². The van der Waals surface area contributed by atoms with Gasteiger partial charge in [0.15, 0.2) is 11.5 Å². The molecule has 8 nitrogen and oxygen atoms in total. The summed E-state index contributed by atoms with van der Waals surface area (Å²) in [5.74, 6) is -1.22. The first kappa shape index (κ1) is 26.9. The molecule has 1 fully saturated rings. The van der Waals surface area contributed by atoms with E-state index in [4.69, 9.17) is 31.5 Å². The summed E-state index contributed by atoms with van der Waals surface area (Å²) in [5, 5.41) is 9.07. The van der Waals surface area contributed by atoms with Crippen molar-refractivity contribution in [2.75, 3.05) is 13.7 Å². The highest BCUT2D eigenvalue weighted by Crippen LogP contribution is 2.35. The minimum atomic E-state index is -1.15. The van der Waals surface area contributed by atoms with Gasteiger partial charge in [0.1, 0.15) is 24.1 Å². The first-order valence-electron chi connectivity index (χ1n) is 11.4. The van der Waals surface area contributed by atoms with Crippen LogP contribution in [-0.4, -0.2) is 45.8 Å². The molecule has 38 heavy (non-hydrogen) atoms. The molecule has 0 spiro atoms. The van der Waals surface area contributed by atoms with Gasteiger partial charge in [-0.2, -0.15) is 0 Å². The number of esters is 1. The molecule has 10 heteroatoms.